The summed E-state index contributed by atoms with van der Waals surface area (Å²) in [7, 11) is -2.83. The molecule has 1 aliphatic rings. The van der Waals surface area contributed by atoms with Gasteiger partial charge in [0.1, 0.15) is 9.84 Å². The summed E-state index contributed by atoms with van der Waals surface area (Å²) in [5.74, 6) is 0.945. The van der Waals surface area contributed by atoms with E-state index in [-0.39, 0.29) is 5.75 Å². The first-order valence-corrected chi connectivity index (χ1v) is 8.93. The monoisotopic (exact) mass is 278 g/mol. The van der Waals surface area contributed by atoms with Crippen LogP contribution in [0.4, 0.5) is 0 Å². The van der Waals surface area contributed by atoms with Crippen molar-refractivity contribution >= 4 is 26.8 Å². The highest BCUT2D eigenvalue weighted by Gasteiger charge is 2.20. The Hall–Kier alpha value is -0.230. The van der Waals surface area contributed by atoms with Crippen LogP contribution in [0.5, 0.6) is 0 Å². The van der Waals surface area contributed by atoms with Gasteiger partial charge in [0.25, 0.3) is 0 Å². The van der Waals surface area contributed by atoms with Gasteiger partial charge in [0.05, 0.1) is 12.3 Å². The van der Waals surface area contributed by atoms with E-state index in [1.54, 1.807) is 11.8 Å². The lowest BCUT2D eigenvalue weighted by molar-refractivity contribution is 0.575. The molecule has 0 saturated heterocycles. The van der Waals surface area contributed by atoms with Crippen LogP contribution in [0.15, 0.2) is 4.99 Å². The molecule has 0 aromatic rings. The van der Waals surface area contributed by atoms with Crippen LogP contribution in [0.1, 0.15) is 26.7 Å². The number of thioether (sulfide) groups is 1. The van der Waals surface area contributed by atoms with E-state index in [2.05, 4.69) is 24.2 Å². The zero-order valence-corrected chi connectivity index (χ0v) is 12.4. The van der Waals surface area contributed by atoms with Crippen LogP contribution in [-0.2, 0) is 9.84 Å². The lowest BCUT2D eigenvalue weighted by atomic mass is 10.1. The van der Waals surface area contributed by atoms with Gasteiger partial charge in [-0.1, -0.05) is 25.6 Å². The van der Waals surface area contributed by atoms with Crippen molar-refractivity contribution in [1.29, 1.82) is 0 Å². The van der Waals surface area contributed by atoms with Crippen LogP contribution in [0, 0.1) is 5.92 Å². The van der Waals surface area contributed by atoms with Crippen LogP contribution >= 0.6 is 11.8 Å². The molecule has 4 nitrogen and oxygen atoms in total. The summed E-state index contributed by atoms with van der Waals surface area (Å²) in [6.45, 7) is 6.01. The predicted octanol–water partition coefficient (Wildman–Crippen LogP) is 1.53. The van der Waals surface area contributed by atoms with E-state index in [4.69, 9.17) is 0 Å². The summed E-state index contributed by atoms with van der Waals surface area (Å²) < 4.78 is 21.9. The van der Waals surface area contributed by atoms with Gasteiger partial charge in [0.15, 0.2) is 5.17 Å². The molecule has 1 aliphatic heterocycles. The number of nitrogens with one attached hydrogen (secondary N) is 1. The molecule has 0 aromatic heterocycles. The topological polar surface area (TPSA) is 58.5 Å². The van der Waals surface area contributed by atoms with Gasteiger partial charge in [-0.25, -0.2) is 8.42 Å². The second-order valence-electron chi connectivity index (χ2n) is 4.93. The Labute approximate surface area is 109 Å². The van der Waals surface area contributed by atoms with Crippen LogP contribution in [0.3, 0.4) is 0 Å². The van der Waals surface area contributed by atoms with Gasteiger partial charge in [-0.15, -0.1) is 0 Å². The molecule has 17 heavy (non-hydrogen) atoms. The number of nitrogens with zero attached hydrogens (tertiary/aromatic N) is 1. The molecular formula is C11H22N2O2S2. The number of sulfone groups is 1. The van der Waals surface area contributed by atoms with Crippen LogP contribution in [0.25, 0.3) is 0 Å². The summed E-state index contributed by atoms with van der Waals surface area (Å²) in [5, 5.41) is 4.77. The van der Waals surface area contributed by atoms with Gasteiger partial charge < -0.3 is 5.32 Å². The normalized spacial score (nSPS) is 20.7. The maximum Gasteiger partial charge on any atom is 0.156 e. The fourth-order valence-electron chi connectivity index (χ4n) is 1.69. The number of amidine groups is 1. The molecule has 1 rings (SSSR count). The highest BCUT2D eigenvalue weighted by atomic mass is 32.2. The van der Waals surface area contributed by atoms with Crippen LogP contribution in [0.2, 0.25) is 0 Å². The molecule has 100 valence electrons. The molecule has 0 saturated carbocycles. The smallest absolute Gasteiger partial charge is 0.156 e. The molecule has 6 heteroatoms. The molecule has 0 aliphatic carbocycles. The van der Waals surface area contributed by atoms with E-state index in [9.17, 15) is 8.42 Å². The highest BCUT2D eigenvalue weighted by molar-refractivity contribution is 8.14. The number of hydrogen-bond donors (Lipinski definition) is 1. The van der Waals surface area contributed by atoms with Crippen molar-refractivity contribution in [2.75, 3.05) is 25.1 Å². The van der Waals surface area contributed by atoms with Gasteiger partial charge in [-0.05, 0) is 18.8 Å². The zero-order valence-electron chi connectivity index (χ0n) is 10.8. The van der Waals surface area contributed by atoms with Crippen molar-refractivity contribution in [3.63, 3.8) is 0 Å². The Morgan fingerprint density at radius 2 is 2.24 bits per heavy atom. The molecule has 0 bridgehead atoms. The molecule has 1 heterocycles. The Bertz CT molecular complexity index is 364. The Morgan fingerprint density at radius 3 is 2.82 bits per heavy atom. The minimum absolute atomic E-state index is 0.243. The lowest BCUT2D eigenvalue weighted by Gasteiger charge is -2.11. The van der Waals surface area contributed by atoms with Gasteiger partial charge in [-0.2, -0.15) is 0 Å². The first-order chi connectivity index (χ1) is 7.87. The van der Waals surface area contributed by atoms with Crippen molar-refractivity contribution in [1.82, 2.24) is 5.32 Å². The van der Waals surface area contributed by atoms with E-state index in [1.807, 2.05) is 0 Å². The van der Waals surface area contributed by atoms with Crippen molar-refractivity contribution < 1.29 is 8.42 Å². The number of rotatable bonds is 6. The minimum atomic E-state index is -2.83. The standard InChI is InChI=1S/C11H22N2O2S2/c1-9(2)7-10-8-13-11(16-10)12-5-4-6-17(3,14)15/h9-10H,4-8H2,1-3H3,(H,12,13). The molecule has 0 amide bonds. The van der Waals surface area contributed by atoms with Crippen LogP contribution in [-0.4, -0.2) is 43.9 Å². The summed E-state index contributed by atoms with van der Waals surface area (Å²) in [6, 6.07) is 0. The second-order valence-corrected chi connectivity index (χ2v) is 8.47. The van der Waals surface area contributed by atoms with E-state index in [1.165, 1.54) is 12.7 Å². The maximum atomic E-state index is 10.9. The first kappa shape index (κ1) is 14.8. The Kier molecular flexibility index (Phi) is 5.79. The van der Waals surface area contributed by atoms with E-state index in [0.717, 1.165) is 11.7 Å². The molecule has 0 fully saturated rings. The molecule has 0 spiro atoms. The summed E-state index contributed by atoms with van der Waals surface area (Å²) >= 11 is 1.79. The quantitative estimate of drug-likeness (QED) is 0.749. The summed E-state index contributed by atoms with van der Waals surface area (Å²) in [4.78, 5) is 4.42. The number of aliphatic imine (C=N–C) groups is 1. The molecule has 0 aromatic carbocycles. The largest absolute Gasteiger partial charge is 0.365 e. The Balaban J connectivity index is 2.14. The van der Waals surface area contributed by atoms with Gasteiger partial charge in [0, 0.05) is 18.1 Å². The fourth-order valence-corrected chi connectivity index (χ4v) is 3.64. The first-order valence-electron chi connectivity index (χ1n) is 5.99. The van der Waals surface area contributed by atoms with Crippen molar-refractivity contribution in [2.45, 2.75) is 31.9 Å². The van der Waals surface area contributed by atoms with Crippen molar-refractivity contribution in [2.24, 2.45) is 10.9 Å². The third-order valence-electron chi connectivity index (χ3n) is 2.42. The summed E-state index contributed by atoms with van der Waals surface area (Å²) in [6.07, 6.45) is 3.10. The molecule has 1 N–H and O–H groups in total. The SMILES string of the molecule is CC(C)CC1CN=C(NCCCS(C)(=O)=O)S1. The van der Waals surface area contributed by atoms with Gasteiger partial charge in [-0.3, -0.25) is 4.99 Å². The molecule has 1 atom stereocenters. The molecular weight excluding hydrogens is 256 g/mol. The summed E-state index contributed by atoms with van der Waals surface area (Å²) in [5.41, 5.74) is 0. The van der Waals surface area contributed by atoms with Crippen molar-refractivity contribution in [3.05, 3.63) is 0 Å². The number of hydrogen-bond acceptors (Lipinski definition) is 5. The minimum Gasteiger partial charge on any atom is -0.365 e. The predicted molar refractivity (Wildman–Crippen MR) is 75.5 cm³/mol. The van der Waals surface area contributed by atoms with Crippen LogP contribution < -0.4 is 5.32 Å². The third-order valence-corrected chi connectivity index (χ3v) is 4.62. The fraction of sp³-hybridized carbons (Fsp3) is 0.909. The lowest BCUT2D eigenvalue weighted by Crippen LogP contribution is -2.22. The van der Waals surface area contributed by atoms with E-state index in [0.29, 0.717) is 24.1 Å². The average molecular weight is 278 g/mol. The maximum absolute atomic E-state index is 10.9. The molecule has 1 unspecified atom stereocenters. The van der Waals surface area contributed by atoms with E-state index >= 15 is 0 Å². The highest BCUT2D eigenvalue weighted by Crippen LogP contribution is 2.25. The van der Waals surface area contributed by atoms with E-state index < -0.39 is 9.84 Å². The van der Waals surface area contributed by atoms with Gasteiger partial charge >= 0.3 is 0 Å². The third kappa shape index (κ3) is 6.93. The second kappa shape index (κ2) is 6.64. The Morgan fingerprint density at radius 1 is 1.53 bits per heavy atom. The van der Waals surface area contributed by atoms with Crippen molar-refractivity contribution in [3.8, 4) is 0 Å². The zero-order chi connectivity index (χ0) is 12.9. The van der Waals surface area contributed by atoms with Gasteiger partial charge in [0.2, 0.25) is 0 Å². The average Bonchev–Trinajstić information content (AvgIpc) is 2.58. The molecule has 0 radical (unpaired) electrons.